The Hall–Kier alpha value is -2.64. The van der Waals surface area contributed by atoms with E-state index in [1.165, 1.54) is 0 Å². The monoisotopic (exact) mass is 390 g/mol. The van der Waals surface area contributed by atoms with E-state index in [0.29, 0.717) is 12.4 Å². The lowest BCUT2D eigenvalue weighted by molar-refractivity contribution is -0.130. The van der Waals surface area contributed by atoms with Gasteiger partial charge in [-0.2, -0.15) is 0 Å². The number of aromatic nitrogens is 1. The number of ether oxygens (including phenoxy) is 1. The Labute approximate surface area is 165 Å². The van der Waals surface area contributed by atoms with E-state index in [4.69, 9.17) is 4.74 Å². The number of hydrogen-bond acceptors (Lipinski definition) is 5. The number of hydrogen-bond donors (Lipinski definition) is 3. The maximum Gasteiger partial charge on any atom is 0.413 e. The second kappa shape index (κ2) is 9.52. The van der Waals surface area contributed by atoms with Crippen molar-refractivity contribution in [3.8, 4) is 0 Å². The lowest BCUT2D eigenvalue weighted by Crippen LogP contribution is -2.36. The van der Waals surface area contributed by atoms with Crippen LogP contribution >= 0.6 is 0 Å². The van der Waals surface area contributed by atoms with Gasteiger partial charge in [-0.1, -0.05) is 6.07 Å². The van der Waals surface area contributed by atoms with Crippen molar-refractivity contribution in [2.75, 3.05) is 12.4 Å². The molecule has 1 fully saturated rings. The molecular weight excluding hydrogens is 360 g/mol. The average molecular weight is 390 g/mol. The van der Waals surface area contributed by atoms with Gasteiger partial charge in [0.2, 0.25) is 11.8 Å². The van der Waals surface area contributed by atoms with Gasteiger partial charge in [0, 0.05) is 31.6 Å². The van der Waals surface area contributed by atoms with E-state index in [1.807, 2.05) is 0 Å². The van der Waals surface area contributed by atoms with Gasteiger partial charge in [0.25, 0.3) is 0 Å². The number of amides is 3. The number of carbonyl (C=O) groups excluding carboxylic acids is 3. The molecule has 1 aromatic rings. The van der Waals surface area contributed by atoms with Crippen LogP contribution in [0.1, 0.15) is 52.0 Å². The number of rotatable bonds is 5. The van der Waals surface area contributed by atoms with Crippen molar-refractivity contribution >= 4 is 23.7 Å². The molecule has 0 bridgehead atoms. The lowest BCUT2D eigenvalue weighted by atomic mass is 9.81. The van der Waals surface area contributed by atoms with E-state index >= 15 is 0 Å². The van der Waals surface area contributed by atoms with Crippen LogP contribution in [0.4, 0.5) is 10.6 Å². The first kappa shape index (κ1) is 21.7. The van der Waals surface area contributed by atoms with Crippen molar-refractivity contribution in [3.05, 3.63) is 23.9 Å². The van der Waals surface area contributed by atoms with Gasteiger partial charge in [-0.3, -0.25) is 14.9 Å². The number of carbonyl (C=O) groups is 3. The van der Waals surface area contributed by atoms with E-state index in [-0.39, 0.29) is 23.7 Å². The van der Waals surface area contributed by atoms with Gasteiger partial charge in [0.05, 0.1) is 0 Å². The molecule has 2 rings (SSSR count). The maximum absolute atomic E-state index is 12.4. The third-order valence-corrected chi connectivity index (χ3v) is 4.64. The minimum absolute atomic E-state index is 0.00585. The highest BCUT2D eigenvalue weighted by atomic mass is 16.6. The summed E-state index contributed by atoms with van der Waals surface area (Å²) >= 11 is 0. The standard InChI is InChI=1S/C20H30N4O4/c1-20(2,3)28-19(27)24-16-10-5-13(11-22-16)12-23-18(26)15-8-6-14(7-9-15)17(25)21-4/h5,10-11,14-15H,6-9,12H2,1-4H3,(H,21,25)(H,23,26)(H,22,24,27). The number of pyridine rings is 1. The molecular formula is C20H30N4O4. The molecule has 0 radical (unpaired) electrons. The Morgan fingerprint density at radius 3 is 2.18 bits per heavy atom. The Balaban J connectivity index is 1.76. The summed E-state index contributed by atoms with van der Waals surface area (Å²) in [7, 11) is 1.64. The maximum atomic E-state index is 12.4. The van der Waals surface area contributed by atoms with Crippen LogP contribution in [0.15, 0.2) is 18.3 Å². The zero-order valence-electron chi connectivity index (χ0n) is 17.0. The Morgan fingerprint density at radius 1 is 1.07 bits per heavy atom. The first-order valence-electron chi connectivity index (χ1n) is 9.62. The Kier molecular flexibility index (Phi) is 7.37. The Morgan fingerprint density at radius 2 is 1.68 bits per heavy atom. The molecule has 8 heteroatoms. The van der Waals surface area contributed by atoms with Crippen LogP contribution in [0.25, 0.3) is 0 Å². The fourth-order valence-corrected chi connectivity index (χ4v) is 3.17. The summed E-state index contributed by atoms with van der Waals surface area (Å²) in [4.78, 5) is 39.9. The first-order chi connectivity index (χ1) is 13.2. The molecule has 1 aliphatic rings. The molecule has 154 valence electrons. The summed E-state index contributed by atoms with van der Waals surface area (Å²) in [5, 5.41) is 8.17. The van der Waals surface area contributed by atoms with Gasteiger partial charge in [0.15, 0.2) is 0 Å². The molecule has 1 aliphatic carbocycles. The van der Waals surface area contributed by atoms with Gasteiger partial charge < -0.3 is 15.4 Å². The van der Waals surface area contributed by atoms with Gasteiger partial charge in [-0.05, 0) is 58.1 Å². The van der Waals surface area contributed by atoms with Crippen LogP contribution in [0, 0.1) is 11.8 Å². The van der Waals surface area contributed by atoms with E-state index in [2.05, 4.69) is 20.9 Å². The summed E-state index contributed by atoms with van der Waals surface area (Å²) in [5.74, 6) is 0.415. The molecule has 0 spiro atoms. The van der Waals surface area contributed by atoms with Crippen molar-refractivity contribution in [2.45, 2.75) is 58.6 Å². The molecule has 0 unspecified atom stereocenters. The van der Waals surface area contributed by atoms with E-state index in [0.717, 1.165) is 31.2 Å². The third-order valence-electron chi connectivity index (χ3n) is 4.64. The van der Waals surface area contributed by atoms with Gasteiger partial charge in [-0.25, -0.2) is 9.78 Å². The van der Waals surface area contributed by atoms with Gasteiger partial charge >= 0.3 is 6.09 Å². The van der Waals surface area contributed by atoms with Crippen LogP contribution in [-0.4, -0.2) is 35.5 Å². The summed E-state index contributed by atoms with van der Waals surface area (Å²) in [6, 6.07) is 3.46. The fourth-order valence-electron chi connectivity index (χ4n) is 3.17. The van der Waals surface area contributed by atoms with Gasteiger partial charge in [-0.15, -0.1) is 0 Å². The molecule has 0 atom stereocenters. The fraction of sp³-hybridized carbons (Fsp3) is 0.600. The van der Waals surface area contributed by atoms with Crippen molar-refractivity contribution in [3.63, 3.8) is 0 Å². The normalized spacial score (nSPS) is 19.4. The molecule has 3 amide bonds. The van der Waals surface area contributed by atoms with Crippen LogP contribution in [0.5, 0.6) is 0 Å². The van der Waals surface area contributed by atoms with Crippen LogP contribution in [-0.2, 0) is 20.9 Å². The average Bonchev–Trinajstić information content (AvgIpc) is 2.65. The second-order valence-electron chi connectivity index (χ2n) is 8.06. The molecule has 3 N–H and O–H groups in total. The van der Waals surface area contributed by atoms with Gasteiger partial charge in [0.1, 0.15) is 11.4 Å². The minimum atomic E-state index is -0.576. The number of nitrogens with zero attached hydrogens (tertiary/aromatic N) is 1. The predicted molar refractivity (Wildman–Crippen MR) is 105 cm³/mol. The smallest absolute Gasteiger partial charge is 0.413 e. The molecule has 1 saturated carbocycles. The highest BCUT2D eigenvalue weighted by molar-refractivity contribution is 5.83. The van der Waals surface area contributed by atoms with Crippen LogP contribution < -0.4 is 16.0 Å². The lowest BCUT2D eigenvalue weighted by Gasteiger charge is -2.26. The predicted octanol–water partition coefficient (Wildman–Crippen LogP) is 2.60. The molecule has 0 saturated heterocycles. The van der Waals surface area contributed by atoms with Crippen molar-refractivity contribution in [2.24, 2.45) is 11.8 Å². The molecule has 8 nitrogen and oxygen atoms in total. The third kappa shape index (κ3) is 6.83. The number of nitrogens with one attached hydrogen (secondary N) is 3. The largest absolute Gasteiger partial charge is 0.444 e. The highest BCUT2D eigenvalue weighted by Crippen LogP contribution is 2.29. The molecule has 1 aromatic heterocycles. The Bertz CT molecular complexity index is 689. The minimum Gasteiger partial charge on any atom is -0.444 e. The van der Waals surface area contributed by atoms with Crippen molar-refractivity contribution in [1.29, 1.82) is 0 Å². The topological polar surface area (TPSA) is 109 Å². The summed E-state index contributed by atoms with van der Waals surface area (Å²) in [6.45, 7) is 5.73. The zero-order chi connectivity index (χ0) is 20.7. The molecule has 28 heavy (non-hydrogen) atoms. The summed E-state index contributed by atoms with van der Waals surface area (Å²) in [5.41, 5.74) is 0.260. The molecule has 1 heterocycles. The summed E-state index contributed by atoms with van der Waals surface area (Å²) in [6.07, 6.45) is 3.97. The highest BCUT2D eigenvalue weighted by Gasteiger charge is 2.29. The number of anilines is 1. The zero-order valence-corrected chi connectivity index (χ0v) is 17.0. The van der Waals surface area contributed by atoms with E-state index in [1.54, 1.807) is 46.1 Å². The summed E-state index contributed by atoms with van der Waals surface area (Å²) < 4.78 is 5.18. The van der Waals surface area contributed by atoms with E-state index < -0.39 is 11.7 Å². The van der Waals surface area contributed by atoms with Crippen molar-refractivity contribution < 1.29 is 19.1 Å². The molecule has 0 aliphatic heterocycles. The SMILES string of the molecule is CNC(=O)C1CCC(C(=O)NCc2ccc(NC(=O)OC(C)(C)C)nc2)CC1. The first-order valence-corrected chi connectivity index (χ1v) is 9.62. The van der Waals surface area contributed by atoms with Crippen molar-refractivity contribution in [1.82, 2.24) is 15.6 Å². The molecule has 0 aromatic carbocycles. The van der Waals surface area contributed by atoms with Crippen LogP contribution in [0.3, 0.4) is 0 Å². The second-order valence-corrected chi connectivity index (χ2v) is 8.06. The van der Waals surface area contributed by atoms with Crippen LogP contribution in [0.2, 0.25) is 0 Å². The quantitative estimate of drug-likeness (QED) is 0.716. The van der Waals surface area contributed by atoms with E-state index in [9.17, 15) is 14.4 Å².